The highest BCUT2D eigenvalue weighted by molar-refractivity contribution is 5.93. The Labute approximate surface area is 143 Å². The smallest absolute Gasteiger partial charge is 0.298 e. The van der Waals surface area contributed by atoms with Crippen LogP contribution in [0.2, 0.25) is 0 Å². The normalized spacial score (nSPS) is 17.4. The van der Waals surface area contributed by atoms with E-state index in [9.17, 15) is 9.18 Å². The van der Waals surface area contributed by atoms with Gasteiger partial charge in [0.1, 0.15) is 11.3 Å². The molecule has 1 N–H and O–H groups in total. The summed E-state index contributed by atoms with van der Waals surface area (Å²) in [5, 5.41) is 6.93. The number of rotatable bonds is 4. The molecule has 1 aromatic carbocycles. The number of amides is 1. The van der Waals surface area contributed by atoms with E-state index in [1.54, 1.807) is 24.0 Å². The van der Waals surface area contributed by atoms with Gasteiger partial charge in [-0.15, -0.1) is 0 Å². The van der Waals surface area contributed by atoms with E-state index in [2.05, 4.69) is 15.4 Å². The lowest BCUT2D eigenvalue weighted by Gasteiger charge is -2.22. The number of fused-ring (bicyclic) bond motifs is 1. The summed E-state index contributed by atoms with van der Waals surface area (Å²) in [5.74, 6) is -0.503. The number of benzene rings is 1. The molecule has 4 rings (SSSR count). The van der Waals surface area contributed by atoms with Gasteiger partial charge in [0.25, 0.3) is 11.9 Å². The molecule has 3 heterocycles. The van der Waals surface area contributed by atoms with Crippen molar-refractivity contribution in [3.63, 3.8) is 0 Å². The van der Waals surface area contributed by atoms with Crippen LogP contribution in [-0.2, 0) is 7.05 Å². The van der Waals surface area contributed by atoms with Gasteiger partial charge in [-0.05, 0) is 25.0 Å². The maximum Gasteiger partial charge on any atom is 0.298 e. The number of nitrogens with zero attached hydrogens (tertiary/aromatic N) is 4. The molecule has 0 spiro atoms. The zero-order chi connectivity index (χ0) is 17.4. The van der Waals surface area contributed by atoms with Crippen LogP contribution in [0.15, 0.2) is 35.0 Å². The van der Waals surface area contributed by atoms with Crippen LogP contribution in [-0.4, -0.2) is 39.8 Å². The first kappa shape index (κ1) is 15.6. The quantitative estimate of drug-likeness (QED) is 0.785. The van der Waals surface area contributed by atoms with E-state index >= 15 is 0 Å². The van der Waals surface area contributed by atoms with E-state index < -0.39 is 0 Å². The van der Waals surface area contributed by atoms with Crippen molar-refractivity contribution in [2.24, 2.45) is 7.05 Å². The molecule has 1 atom stereocenters. The topological polar surface area (TPSA) is 76.2 Å². The van der Waals surface area contributed by atoms with Crippen LogP contribution < -0.4 is 10.2 Å². The lowest BCUT2D eigenvalue weighted by atomic mass is 10.2. The Bertz CT molecular complexity index is 919. The number of aryl methyl sites for hydroxylation is 1. The second-order valence-corrected chi connectivity index (χ2v) is 6.21. The van der Waals surface area contributed by atoms with Crippen molar-refractivity contribution in [1.29, 1.82) is 0 Å². The second kappa shape index (κ2) is 6.19. The molecule has 2 aromatic heterocycles. The standard InChI is InChI=1S/C17H18FN5O2/c1-22-10-11(8-20-22)16(24)19-9-13-3-2-6-23(13)17-21-14-5-4-12(18)7-15(14)25-17/h4-5,7-8,10,13H,2-3,6,9H2,1H3,(H,19,24). The maximum atomic E-state index is 13.3. The Morgan fingerprint density at radius 1 is 1.48 bits per heavy atom. The van der Waals surface area contributed by atoms with Gasteiger partial charge >= 0.3 is 0 Å². The number of carbonyl (C=O) groups is 1. The fourth-order valence-electron chi connectivity index (χ4n) is 3.16. The van der Waals surface area contributed by atoms with E-state index in [-0.39, 0.29) is 17.8 Å². The number of oxazole rings is 1. The SMILES string of the molecule is Cn1cc(C(=O)NCC2CCCN2c2nc3ccc(F)cc3o2)cn1. The first-order valence-corrected chi connectivity index (χ1v) is 8.20. The van der Waals surface area contributed by atoms with E-state index in [1.165, 1.54) is 18.3 Å². The van der Waals surface area contributed by atoms with Crippen LogP contribution in [0.4, 0.5) is 10.4 Å². The Morgan fingerprint density at radius 3 is 3.16 bits per heavy atom. The maximum absolute atomic E-state index is 13.3. The first-order valence-electron chi connectivity index (χ1n) is 8.20. The van der Waals surface area contributed by atoms with Crippen LogP contribution in [0.3, 0.4) is 0 Å². The summed E-state index contributed by atoms with van der Waals surface area (Å²) in [7, 11) is 1.77. The van der Waals surface area contributed by atoms with Crippen molar-refractivity contribution in [2.45, 2.75) is 18.9 Å². The largest absolute Gasteiger partial charge is 0.423 e. The van der Waals surface area contributed by atoms with Gasteiger partial charge in [-0.25, -0.2) is 4.39 Å². The second-order valence-electron chi connectivity index (χ2n) is 6.21. The summed E-state index contributed by atoms with van der Waals surface area (Å²) in [6.45, 7) is 1.28. The molecular weight excluding hydrogens is 325 g/mol. The third kappa shape index (κ3) is 3.07. The summed E-state index contributed by atoms with van der Waals surface area (Å²) in [6, 6.07) is 4.87. The number of anilines is 1. The first-order chi connectivity index (χ1) is 12.1. The third-order valence-corrected chi connectivity index (χ3v) is 4.43. The van der Waals surface area contributed by atoms with Crippen molar-refractivity contribution < 1.29 is 13.6 Å². The van der Waals surface area contributed by atoms with Crippen LogP contribution in [0, 0.1) is 5.82 Å². The number of carbonyl (C=O) groups excluding carboxylic acids is 1. The van der Waals surface area contributed by atoms with Gasteiger partial charge in [0, 0.05) is 32.4 Å². The lowest BCUT2D eigenvalue weighted by Crippen LogP contribution is -2.40. The molecule has 0 bridgehead atoms. The van der Waals surface area contributed by atoms with Crippen molar-refractivity contribution >= 4 is 23.0 Å². The van der Waals surface area contributed by atoms with Crippen LogP contribution in [0.5, 0.6) is 0 Å². The van der Waals surface area contributed by atoms with Gasteiger partial charge in [0.15, 0.2) is 5.58 Å². The van der Waals surface area contributed by atoms with Crippen molar-refractivity contribution in [3.8, 4) is 0 Å². The molecule has 3 aromatic rings. The minimum atomic E-state index is -0.350. The average molecular weight is 343 g/mol. The van der Waals surface area contributed by atoms with E-state index in [1.807, 2.05) is 4.90 Å². The molecule has 0 saturated carbocycles. The summed E-state index contributed by atoms with van der Waals surface area (Å²) < 4.78 is 20.6. The fraction of sp³-hybridized carbons (Fsp3) is 0.353. The molecule has 0 aliphatic carbocycles. The minimum Gasteiger partial charge on any atom is -0.423 e. The summed E-state index contributed by atoms with van der Waals surface area (Å²) >= 11 is 0. The predicted molar refractivity (Wildman–Crippen MR) is 89.9 cm³/mol. The van der Waals surface area contributed by atoms with Crippen molar-refractivity contribution in [3.05, 3.63) is 42.0 Å². The average Bonchev–Trinajstić information content (AvgIpc) is 3.30. The number of hydrogen-bond acceptors (Lipinski definition) is 5. The molecule has 7 nitrogen and oxygen atoms in total. The molecule has 1 aliphatic heterocycles. The van der Waals surface area contributed by atoms with Crippen molar-refractivity contribution in [2.75, 3.05) is 18.0 Å². The minimum absolute atomic E-state index is 0.0959. The molecule has 1 aliphatic rings. The van der Waals surface area contributed by atoms with Crippen molar-refractivity contribution in [1.82, 2.24) is 20.1 Å². The van der Waals surface area contributed by atoms with Gasteiger partial charge in [-0.2, -0.15) is 10.1 Å². The molecule has 1 saturated heterocycles. The molecular formula is C17H18FN5O2. The van der Waals surface area contributed by atoms with Gasteiger partial charge in [0.05, 0.1) is 17.8 Å². The molecule has 1 unspecified atom stereocenters. The summed E-state index contributed by atoms with van der Waals surface area (Å²) in [4.78, 5) is 18.6. The fourth-order valence-corrected chi connectivity index (χ4v) is 3.16. The Kier molecular flexibility index (Phi) is 3.87. The van der Waals surface area contributed by atoms with Crippen LogP contribution in [0.25, 0.3) is 11.1 Å². The lowest BCUT2D eigenvalue weighted by molar-refractivity contribution is 0.0951. The van der Waals surface area contributed by atoms with E-state index in [4.69, 9.17) is 4.42 Å². The van der Waals surface area contributed by atoms with E-state index in [0.717, 1.165) is 19.4 Å². The molecule has 8 heteroatoms. The number of nitrogens with one attached hydrogen (secondary N) is 1. The summed E-state index contributed by atoms with van der Waals surface area (Å²) in [5.41, 5.74) is 1.59. The predicted octanol–water partition coefficient (Wildman–Crippen LogP) is 2.10. The highest BCUT2D eigenvalue weighted by Gasteiger charge is 2.29. The van der Waals surface area contributed by atoms with E-state index in [0.29, 0.717) is 29.2 Å². The molecule has 1 amide bonds. The van der Waals surface area contributed by atoms with Gasteiger partial charge < -0.3 is 14.6 Å². The van der Waals surface area contributed by atoms with Gasteiger partial charge in [-0.3, -0.25) is 9.48 Å². The van der Waals surface area contributed by atoms with Gasteiger partial charge in [-0.1, -0.05) is 0 Å². The van der Waals surface area contributed by atoms with Crippen LogP contribution in [0.1, 0.15) is 23.2 Å². The zero-order valence-electron chi connectivity index (χ0n) is 13.8. The van der Waals surface area contributed by atoms with Gasteiger partial charge in [0.2, 0.25) is 0 Å². The highest BCUT2D eigenvalue weighted by Crippen LogP contribution is 2.28. The Morgan fingerprint density at radius 2 is 2.36 bits per heavy atom. The zero-order valence-corrected chi connectivity index (χ0v) is 13.8. The third-order valence-electron chi connectivity index (χ3n) is 4.43. The monoisotopic (exact) mass is 343 g/mol. The molecule has 25 heavy (non-hydrogen) atoms. The summed E-state index contributed by atoms with van der Waals surface area (Å²) in [6.07, 6.45) is 5.13. The Hall–Kier alpha value is -2.90. The number of hydrogen-bond donors (Lipinski definition) is 1. The molecule has 1 fully saturated rings. The number of halogens is 1. The molecule has 130 valence electrons. The van der Waals surface area contributed by atoms with Crippen LogP contribution >= 0.6 is 0 Å². The highest BCUT2D eigenvalue weighted by atomic mass is 19.1. The number of aromatic nitrogens is 3. The Balaban J connectivity index is 1.47. The molecule has 0 radical (unpaired) electrons.